The predicted octanol–water partition coefficient (Wildman–Crippen LogP) is 3.87. The van der Waals surface area contributed by atoms with Gasteiger partial charge in [0.25, 0.3) is 10.0 Å². The highest BCUT2D eigenvalue weighted by Crippen LogP contribution is 2.26. The number of rotatable bonds is 6. The topological polar surface area (TPSA) is 63.7 Å². The van der Waals surface area contributed by atoms with Crippen LogP contribution in [-0.4, -0.2) is 21.5 Å². The number of ether oxygens (including phenoxy) is 1. The van der Waals surface area contributed by atoms with E-state index in [0.717, 1.165) is 5.56 Å². The second kappa shape index (κ2) is 8.05. The Hall–Kier alpha value is -3.12. The van der Waals surface area contributed by atoms with Crippen LogP contribution in [0.4, 0.5) is 5.69 Å². The maximum Gasteiger partial charge on any atom is 0.337 e. The molecule has 3 aromatic rings. The average molecular weight is 381 g/mol. The molecule has 0 radical (unpaired) electrons. The summed E-state index contributed by atoms with van der Waals surface area (Å²) < 4.78 is 32.5. The molecular weight excluding hydrogens is 362 g/mol. The van der Waals surface area contributed by atoms with E-state index in [2.05, 4.69) is 0 Å². The summed E-state index contributed by atoms with van der Waals surface area (Å²) in [7, 11) is -2.47. The lowest BCUT2D eigenvalue weighted by atomic mass is 10.2. The molecule has 0 N–H and O–H groups in total. The molecule has 0 atom stereocenters. The van der Waals surface area contributed by atoms with Crippen LogP contribution in [0.5, 0.6) is 0 Å². The summed E-state index contributed by atoms with van der Waals surface area (Å²) >= 11 is 0. The first kappa shape index (κ1) is 18.7. The van der Waals surface area contributed by atoms with E-state index in [1.807, 2.05) is 30.3 Å². The zero-order chi connectivity index (χ0) is 19.3. The highest BCUT2D eigenvalue weighted by molar-refractivity contribution is 7.92. The number of methoxy groups -OCH3 is 1. The number of hydrogen-bond acceptors (Lipinski definition) is 4. The third-order valence-electron chi connectivity index (χ3n) is 4.08. The van der Waals surface area contributed by atoms with E-state index >= 15 is 0 Å². The SMILES string of the molecule is COC(=O)c1ccc(N(Cc2ccccc2)S(=O)(=O)c2ccccc2)cc1. The number of benzene rings is 3. The van der Waals surface area contributed by atoms with Gasteiger partial charge < -0.3 is 4.74 Å². The summed E-state index contributed by atoms with van der Waals surface area (Å²) in [5, 5.41) is 0. The quantitative estimate of drug-likeness (QED) is 0.608. The highest BCUT2D eigenvalue weighted by atomic mass is 32.2. The number of esters is 1. The van der Waals surface area contributed by atoms with Crippen molar-refractivity contribution in [2.24, 2.45) is 0 Å². The maximum absolute atomic E-state index is 13.2. The van der Waals surface area contributed by atoms with Crippen molar-refractivity contribution in [1.29, 1.82) is 0 Å². The molecule has 0 aliphatic rings. The molecule has 0 saturated heterocycles. The molecule has 0 saturated carbocycles. The summed E-state index contributed by atoms with van der Waals surface area (Å²) in [5.41, 5.74) is 1.68. The summed E-state index contributed by atoms with van der Waals surface area (Å²) in [4.78, 5) is 11.9. The third-order valence-corrected chi connectivity index (χ3v) is 5.86. The highest BCUT2D eigenvalue weighted by Gasteiger charge is 2.25. The Balaban J connectivity index is 2.04. The Morgan fingerprint density at radius 1 is 0.852 bits per heavy atom. The van der Waals surface area contributed by atoms with Crippen molar-refractivity contribution < 1.29 is 17.9 Å². The Morgan fingerprint density at radius 2 is 1.41 bits per heavy atom. The van der Waals surface area contributed by atoms with E-state index in [1.54, 1.807) is 54.6 Å². The van der Waals surface area contributed by atoms with Crippen LogP contribution in [0.15, 0.2) is 89.8 Å². The van der Waals surface area contributed by atoms with E-state index in [-0.39, 0.29) is 11.4 Å². The number of hydrogen-bond donors (Lipinski definition) is 0. The van der Waals surface area contributed by atoms with Crippen molar-refractivity contribution in [3.8, 4) is 0 Å². The Labute approximate surface area is 158 Å². The van der Waals surface area contributed by atoms with Crippen molar-refractivity contribution in [3.63, 3.8) is 0 Å². The van der Waals surface area contributed by atoms with Crippen LogP contribution < -0.4 is 4.31 Å². The van der Waals surface area contributed by atoms with Gasteiger partial charge in [0.05, 0.1) is 29.8 Å². The van der Waals surface area contributed by atoms with Gasteiger partial charge in [-0.2, -0.15) is 0 Å². The molecule has 5 nitrogen and oxygen atoms in total. The van der Waals surface area contributed by atoms with Crippen LogP contribution in [0.25, 0.3) is 0 Å². The first-order chi connectivity index (χ1) is 13.0. The molecule has 0 unspecified atom stereocenters. The fourth-order valence-electron chi connectivity index (χ4n) is 2.67. The summed E-state index contributed by atoms with van der Waals surface area (Å²) in [6.45, 7) is 0.176. The Morgan fingerprint density at radius 3 is 1.96 bits per heavy atom. The first-order valence-corrected chi connectivity index (χ1v) is 9.76. The van der Waals surface area contributed by atoms with Crippen molar-refractivity contribution in [1.82, 2.24) is 0 Å². The van der Waals surface area contributed by atoms with Crippen LogP contribution in [0, 0.1) is 0 Å². The minimum absolute atomic E-state index is 0.176. The van der Waals surface area contributed by atoms with Crippen LogP contribution in [0.1, 0.15) is 15.9 Å². The van der Waals surface area contributed by atoms with Gasteiger partial charge in [-0.05, 0) is 42.0 Å². The fraction of sp³-hybridized carbons (Fsp3) is 0.0952. The molecule has 138 valence electrons. The molecule has 0 aliphatic heterocycles. The molecule has 3 aromatic carbocycles. The van der Waals surface area contributed by atoms with E-state index in [9.17, 15) is 13.2 Å². The maximum atomic E-state index is 13.2. The fourth-order valence-corrected chi connectivity index (χ4v) is 4.14. The lowest BCUT2D eigenvalue weighted by Crippen LogP contribution is -2.30. The first-order valence-electron chi connectivity index (χ1n) is 8.32. The van der Waals surface area contributed by atoms with Crippen LogP contribution >= 0.6 is 0 Å². The van der Waals surface area contributed by atoms with Crippen LogP contribution in [0.3, 0.4) is 0 Å². The monoisotopic (exact) mass is 381 g/mol. The van der Waals surface area contributed by atoms with Gasteiger partial charge in [0, 0.05) is 0 Å². The van der Waals surface area contributed by atoms with Crippen molar-refractivity contribution >= 4 is 21.7 Å². The zero-order valence-electron chi connectivity index (χ0n) is 14.8. The van der Waals surface area contributed by atoms with E-state index in [0.29, 0.717) is 11.3 Å². The number of anilines is 1. The van der Waals surface area contributed by atoms with Gasteiger partial charge >= 0.3 is 5.97 Å². The van der Waals surface area contributed by atoms with Gasteiger partial charge in [-0.3, -0.25) is 4.31 Å². The smallest absolute Gasteiger partial charge is 0.337 e. The molecule has 0 spiro atoms. The molecule has 0 aliphatic carbocycles. The van der Waals surface area contributed by atoms with Crippen molar-refractivity contribution in [2.75, 3.05) is 11.4 Å². The molecule has 0 heterocycles. The van der Waals surface area contributed by atoms with Crippen molar-refractivity contribution in [3.05, 3.63) is 96.1 Å². The van der Waals surface area contributed by atoms with Gasteiger partial charge in [-0.1, -0.05) is 48.5 Å². The molecule has 0 aromatic heterocycles. The van der Waals surface area contributed by atoms with Crippen molar-refractivity contribution in [2.45, 2.75) is 11.4 Å². The van der Waals surface area contributed by atoms with Crippen LogP contribution in [0.2, 0.25) is 0 Å². The summed E-state index contributed by atoms with van der Waals surface area (Å²) in [6.07, 6.45) is 0. The van der Waals surface area contributed by atoms with Gasteiger partial charge in [-0.25, -0.2) is 13.2 Å². The molecule has 0 fully saturated rings. The summed E-state index contributed by atoms with van der Waals surface area (Å²) in [6, 6.07) is 24.0. The lowest BCUT2D eigenvalue weighted by Gasteiger charge is -2.25. The van der Waals surface area contributed by atoms with E-state index in [1.165, 1.54) is 11.4 Å². The molecule has 3 rings (SSSR count). The normalized spacial score (nSPS) is 11.0. The lowest BCUT2D eigenvalue weighted by molar-refractivity contribution is 0.0600. The second-order valence-corrected chi connectivity index (χ2v) is 7.71. The van der Waals surface area contributed by atoms with Gasteiger partial charge in [0.2, 0.25) is 0 Å². The zero-order valence-corrected chi connectivity index (χ0v) is 15.6. The third kappa shape index (κ3) is 4.17. The second-order valence-electron chi connectivity index (χ2n) is 5.85. The predicted molar refractivity (Wildman–Crippen MR) is 104 cm³/mol. The molecule has 27 heavy (non-hydrogen) atoms. The summed E-state index contributed by atoms with van der Waals surface area (Å²) in [5.74, 6) is -0.470. The molecule has 0 bridgehead atoms. The van der Waals surface area contributed by atoms with Gasteiger partial charge in [-0.15, -0.1) is 0 Å². The van der Waals surface area contributed by atoms with Crippen LogP contribution in [-0.2, 0) is 21.3 Å². The number of carbonyl (C=O) groups excluding carboxylic acids is 1. The minimum atomic E-state index is -3.77. The van der Waals surface area contributed by atoms with Gasteiger partial charge in [0.1, 0.15) is 0 Å². The van der Waals surface area contributed by atoms with Gasteiger partial charge in [0.15, 0.2) is 0 Å². The average Bonchev–Trinajstić information content (AvgIpc) is 2.73. The molecule has 6 heteroatoms. The number of sulfonamides is 1. The number of nitrogens with zero attached hydrogens (tertiary/aromatic N) is 1. The minimum Gasteiger partial charge on any atom is -0.465 e. The Bertz CT molecular complexity index is 1000. The van der Waals surface area contributed by atoms with E-state index in [4.69, 9.17) is 4.74 Å². The Kier molecular flexibility index (Phi) is 5.57. The van der Waals surface area contributed by atoms with E-state index < -0.39 is 16.0 Å². The standard InChI is InChI=1S/C21H19NO4S/c1-26-21(23)18-12-14-19(15-13-18)22(16-17-8-4-2-5-9-17)27(24,25)20-10-6-3-7-11-20/h2-15H,16H2,1H3. The molecular formula is C21H19NO4S. The number of carbonyl (C=O) groups is 1. The molecule has 0 amide bonds. The largest absolute Gasteiger partial charge is 0.465 e.